The molecule has 0 aliphatic rings. The highest BCUT2D eigenvalue weighted by atomic mass is 79.9. The van der Waals surface area contributed by atoms with E-state index in [0.29, 0.717) is 12.0 Å². The summed E-state index contributed by atoms with van der Waals surface area (Å²) in [6, 6.07) is 13.6. The highest BCUT2D eigenvalue weighted by molar-refractivity contribution is 9.10. The molecule has 2 aromatic carbocycles. The van der Waals surface area contributed by atoms with Gasteiger partial charge in [0.1, 0.15) is 0 Å². The standard InChI is InChI=1S/C17H18BrNO3S/c1-3-16(12-6-10-15(11-7-12)23(2,21)22)19-17(20)13-4-8-14(18)9-5-13/h4-11,16H,3H2,1-2H3,(H,19,20)/t16-/m0/s1. The summed E-state index contributed by atoms with van der Waals surface area (Å²) in [5.74, 6) is -0.156. The minimum atomic E-state index is -3.21. The first-order chi connectivity index (χ1) is 10.8. The minimum absolute atomic E-state index is 0.156. The normalized spacial score (nSPS) is 12.7. The van der Waals surface area contributed by atoms with Crippen LogP contribution in [0.25, 0.3) is 0 Å². The Labute approximate surface area is 145 Å². The number of carbonyl (C=O) groups excluding carboxylic acids is 1. The van der Waals surface area contributed by atoms with E-state index >= 15 is 0 Å². The summed E-state index contributed by atoms with van der Waals surface area (Å²) in [6.45, 7) is 1.97. The Morgan fingerprint density at radius 2 is 1.65 bits per heavy atom. The molecule has 0 aliphatic heterocycles. The lowest BCUT2D eigenvalue weighted by Gasteiger charge is -2.18. The lowest BCUT2D eigenvalue weighted by molar-refractivity contribution is 0.0935. The molecule has 1 amide bonds. The summed E-state index contributed by atoms with van der Waals surface area (Å²) in [5.41, 5.74) is 1.46. The SMILES string of the molecule is CC[C@H](NC(=O)c1ccc(Br)cc1)c1ccc(S(C)(=O)=O)cc1. The molecule has 2 rings (SSSR count). The van der Waals surface area contributed by atoms with Crippen LogP contribution in [0.1, 0.15) is 35.3 Å². The summed E-state index contributed by atoms with van der Waals surface area (Å²) in [7, 11) is -3.21. The first-order valence-corrected chi connectivity index (χ1v) is 9.86. The summed E-state index contributed by atoms with van der Waals surface area (Å²) in [5, 5.41) is 2.97. The van der Waals surface area contributed by atoms with Crippen LogP contribution in [0.2, 0.25) is 0 Å². The number of benzene rings is 2. The molecule has 0 fully saturated rings. The second kappa shape index (κ2) is 7.27. The largest absolute Gasteiger partial charge is 0.345 e. The fourth-order valence-electron chi connectivity index (χ4n) is 2.21. The van der Waals surface area contributed by atoms with Gasteiger partial charge in [0.05, 0.1) is 10.9 Å². The topological polar surface area (TPSA) is 63.2 Å². The summed E-state index contributed by atoms with van der Waals surface area (Å²) in [6.07, 6.45) is 1.88. The molecule has 0 aromatic heterocycles. The molecule has 0 aliphatic carbocycles. The smallest absolute Gasteiger partial charge is 0.251 e. The molecule has 0 radical (unpaired) electrons. The summed E-state index contributed by atoms with van der Waals surface area (Å²) < 4.78 is 23.9. The van der Waals surface area contributed by atoms with Gasteiger partial charge in [0, 0.05) is 16.3 Å². The number of amides is 1. The van der Waals surface area contributed by atoms with Crippen molar-refractivity contribution in [3.63, 3.8) is 0 Å². The van der Waals surface area contributed by atoms with Gasteiger partial charge in [-0.1, -0.05) is 35.0 Å². The van der Waals surface area contributed by atoms with E-state index in [-0.39, 0.29) is 16.8 Å². The van der Waals surface area contributed by atoms with Crippen LogP contribution in [0.15, 0.2) is 57.9 Å². The van der Waals surface area contributed by atoms with Crippen molar-refractivity contribution in [2.75, 3.05) is 6.26 Å². The number of hydrogen-bond acceptors (Lipinski definition) is 3. The molecule has 0 bridgehead atoms. The van der Waals surface area contributed by atoms with Gasteiger partial charge < -0.3 is 5.32 Å². The molecule has 122 valence electrons. The quantitative estimate of drug-likeness (QED) is 0.838. The Bertz CT molecular complexity index is 784. The highest BCUT2D eigenvalue weighted by Crippen LogP contribution is 2.20. The van der Waals surface area contributed by atoms with Gasteiger partial charge in [-0.15, -0.1) is 0 Å². The van der Waals surface area contributed by atoms with Crippen LogP contribution in [0.4, 0.5) is 0 Å². The number of carbonyl (C=O) groups is 1. The van der Waals surface area contributed by atoms with E-state index < -0.39 is 9.84 Å². The second-order valence-corrected chi connectivity index (χ2v) is 8.21. The number of hydrogen-bond donors (Lipinski definition) is 1. The van der Waals surface area contributed by atoms with Gasteiger partial charge in [-0.05, 0) is 48.4 Å². The molecule has 0 saturated carbocycles. The fraction of sp³-hybridized carbons (Fsp3) is 0.235. The van der Waals surface area contributed by atoms with Crippen molar-refractivity contribution in [1.82, 2.24) is 5.32 Å². The van der Waals surface area contributed by atoms with E-state index in [2.05, 4.69) is 21.2 Å². The van der Waals surface area contributed by atoms with Crippen molar-refractivity contribution in [3.05, 3.63) is 64.1 Å². The molecule has 0 saturated heterocycles. The number of nitrogens with one attached hydrogen (secondary N) is 1. The zero-order valence-electron chi connectivity index (χ0n) is 12.9. The Morgan fingerprint density at radius 3 is 2.13 bits per heavy atom. The van der Waals surface area contributed by atoms with Crippen LogP contribution in [0, 0.1) is 0 Å². The molecule has 2 aromatic rings. The summed E-state index contributed by atoms with van der Waals surface area (Å²) >= 11 is 3.34. The van der Waals surface area contributed by atoms with Crippen LogP contribution in [0.5, 0.6) is 0 Å². The average molecular weight is 396 g/mol. The molecule has 0 spiro atoms. The molecular weight excluding hydrogens is 378 g/mol. The Balaban J connectivity index is 2.16. The number of sulfone groups is 1. The third-order valence-electron chi connectivity index (χ3n) is 3.53. The van der Waals surface area contributed by atoms with Crippen LogP contribution >= 0.6 is 15.9 Å². The third kappa shape index (κ3) is 4.65. The maximum atomic E-state index is 12.3. The van der Waals surface area contributed by atoms with Crippen molar-refractivity contribution in [2.45, 2.75) is 24.3 Å². The molecule has 0 unspecified atom stereocenters. The van der Waals surface area contributed by atoms with Gasteiger partial charge in [-0.3, -0.25) is 4.79 Å². The molecule has 6 heteroatoms. The van der Waals surface area contributed by atoms with E-state index in [4.69, 9.17) is 0 Å². The van der Waals surface area contributed by atoms with Crippen molar-refractivity contribution < 1.29 is 13.2 Å². The lowest BCUT2D eigenvalue weighted by atomic mass is 10.0. The minimum Gasteiger partial charge on any atom is -0.345 e. The monoisotopic (exact) mass is 395 g/mol. The second-order valence-electron chi connectivity index (χ2n) is 5.28. The van der Waals surface area contributed by atoms with Crippen LogP contribution in [-0.4, -0.2) is 20.6 Å². The molecule has 0 heterocycles. The van der Waals surface area contributed by atoms with Gasteiger partial charge in [0.15, 0.2) is 9.84 Å². The number of rotatable bonds is 5. The lowest BCUT2D eigenvalue weighted by Crippen LogP contribution is -2.28. The van der Waals surface area contributed by atoms with Crippen LogP contribution in [0.3, 0.4) is 0 Å². The van der Waals surface area contributed by atoms with Crippen molar-refractivity contribution in [2.24, 2.45) is 0 Å². The average Bonchev–Trinajstić information content (AvgIpc) is 2.52. The van der Waals surface area contributed by atoms with Gasteiger partial charge in [-0.25, -0.2) is 8.42 Å². The first-order valence-electron chi connectivity index (χ1n) is 7.17. The summed E-state index contributed by atoms with van der Waals surface area (Å²) in [4.78, 5) is 12.6. The maximum absolute atomic E-state index is 12.3. The van der Waals surface area contributed by atoms with Gasteiger partial charge in [-0.2, -0.15) is 0 Å². The van der Waals surface area contributed by atoms with Crippen molar-refractivity contribution in [1.29, 1.82) is 0 Å². The van der Waals surface area contributed by atoms with Gasteiger partial charge >= 0.3 is 0 Å². The van der Waals surface area contributed by atoms with Crippen molar-refractivity contribution in [3.8, 4) is 0 Å². The van der Waals surface area contributed by atoms with Gasteiger partial charge in [0.2, 0.25) is 0 Å². The molecule has 4 nitrogen and oxygen atoms in total. The van der Waals surface area contributed by atoms with E-state index in [1.165, 1.54) is 6.26 Å². The third-order valence-corrected chi connectivity index (χ3v) is 5.19. The predicted molar refractivity (Wildman–Crippen MR) is 94.2 cm³/mol. The zero-order valence-corrected chi connectivity index (χ0v) is 15.3. The maximum Gasteiger partial charge on any atom is 0.251 e. The van der Waals surface area contributed by atoms with Crippen molar-refractivity contribution >= 4 is 31.7 Å². The van der Waals surface area contributed by atoms with Crippen LogP contribution < -0.4 is 5.32 Å². The fourth-order valence-corrected chi connectivity index (χ4v) is 3.11. The number of halogens is 1. The molecule has 23 heavy (non-hydrogen) atoms. The van der Waals surface area contributed by atoms with E-state index in [9.17, 15) is 13.2 Å². The van der Waals surface area contributed by atoms with Crippen LogP contribution in [-0.2, 0) is 9.84 Å². The molecule has 1 atom stereocenters. The molecular formula is C17H18BrNO3S. The Hall–Kier alpha value is -1.66. The first kappa shape index (κ1) is 17.7. The van der Waals surface area contributed by atoms with E-state index in [1.54, 1.807) is 36.4 Å². The molecule has 1 N–H and O–H groups in total. The Morgan fingerprint density at radius 1 is 1.09 bits per heavy atom. The highest BCUT2D eigenvalue weighted by Gasteiger charge is 2.15. The zero-order chi connectivity index (χ0) is 17.0. The van der Waals surface area contributed by atoms with E-state index in [0.717, 1.165) is 10.0 Å². The van der Waals surface area contributed by atoms with E-state index in [1.807, 2.05) is 19.1 Å². The van der Waals surface area contributed by atoms with Gasteiger partial charge in [0.25, 0.3) is 5.91 Å². The predicted octanol–water partition coefficient (Wildman–Crippen LogP) is 3.73. The Kier molecular flexibility index (Phi) is 5.59.